The van der Waals surface area contributed by atoms with Crippen LogP contribution < -0.4 is 0 Å². The lowest BCUT2D eigenvalue weighted by Gasteiger charge is -2.10. The minimum Gasteiger partial charge on any atom is -0.481 e. The Bertz CT molecular complexity index is 359. The summed E-state index contributed by atoms with van der Waals surface area (Å²) in [5, 5.41) is 8.76. The van der Waals surface area contributed by atoms with Crippen molar-refractivity contribution in [3.63, 3.8) is 0 Å². The number of carboxylic acids is 1. The number of rotatable bonds is 3. The molecule has 0 saturated heterocycles. The van der Waals surface area contributed by atoms with E-state index in [2.05, 4.69) is 12.6 Å². The first-order valence-corrected chi connectivity index (χ1v) is 5.02. The zero-order valence-electron chi connectivity index (χ0n) is 8.37. The first-order chi connectivity index (χ1) is 6.54. The van der Waals surface area contributed by atoms with E-state index in [-0.39, 0.29) is 6.42 Å². The van der Waals surface area contributed by atoms with Crippen LogP contribution in [0.5, 0.6) is 0 Å². The molecule has 0 aromatic heterocycles. The molecule has 0 bridgehead atoms. The molecule has 0 aliphatic heterocycles. The van der Waals surface area contributed by atoms with E-state index in [1.807, 2.05) is 26.0 Å². The first-order valence-electron chi connectivity index (χ1n) is 4.57. The SMILES string of the molecule is CCc1cc(S)cc(C)c1CC(=O)O. The van der Waals surface area contributed by atoms with Crippen molar-refractivity contribution in [2.75, 3.05) is 0 Å². The lowest BCUT2D eigenvalue weighted by molar-refractivity contribution is -0.136. The summed E-state index contributed by atoms with van der Waals surface area (Å²) >= 11 is 4.27. The molecule has 0 amide bonds. The van der Waals surface area contributed by atoms with Gasteiger partial charge in [0, 0.05) is 4.90 Å². The second-order valence-corrected chi connectivity index (χ2v) is 3.84. The third-order valence-corrected chi connectivity index (χ3v) is 2.52. The van der Waals surface area contributed by atoms with Gasteiger partial charge < -0.3 is 5.11 Å². The number of hydrogen-bond donors (Lipinski definition) is 2. The fraction of sp³-hybridized carbons (Fsp3) is 0.364. The van der Waals surface area contributed by atoms with E-state index < -0.39 is 5.97 Å². The van der Waals surface area contributed by atoms with Crippen LogP contribution >= 0.6 is 12.6 Å². The smallest absolute Gasteiger partial charge is 0.307 e. The predicted octanol–water partition coefficient (Wildman–Crippen LogP) is 2.47. The first kappa shape index (κ1) is 11.1. The summed E-state index contributed by atoms with van der Waals surface area (Å²) < 4.78 is 0. The molecular weight excluding hydrogens is 196 g/mol. The normalized spacial score (nSPS) is 10.2. The predicted molar refractivity (Wildman–Crippen MR) is 59.1 cm³/mol. The van der Waals surface area contributed by atoms with Crippen LogP contribution in [0.2, 0.25) is 0 Å². The molecule has 1 rings (SSSR count). The van der Waals surface area contributed by atoms with Gasteiger partial charge in [0.2, 0.25) is 0 Å². The van der Waals surface area contributed by atoms with Crippen molar-refractivity contribution in [3.05, 3.63) is 28.8 Å². The highest BCUT2D eigenvalue weighted by atomic mass is 32.1. The Kier molecular flexibility index (Phi) is 3.58. The molecule has 0 fully saturated rings. The van der Waals surface area contributed by atoms with Gasteiger partial charge in [0.1, 0.15) is 0 Å². The summed E-state index contributed by atoms with van der Waals surface area (Å²) in [4.78, 5) is 11.6. The molecule has 3 heteroatoms. The largest absolute Gasteiger partial charge is 0.481 e. The fourth-order valence-corrected chi connectivity index (χ4v) is 1.94. The lowest BCUT2D eigenvalue weighted by atomic mass is 9.97. The van der Waals surface area contributed by atoms with Gasteiger partial charge >= 0.3 is 5.97 Å². The summed E-state index contributed by atoms with van der Waals surface area (Å²) in [5.74, 6) is -0.783. The Balaban J connectivity index is 3.18. The van der Waals surface area contributed by atoms with Crippen molar-refractivity contribution in [2.24, 2.45) is 0 Å². The third kappa shape index (κ3) is 2.51. The molecule has 0 heterocycles. The minimum absolute atomic E-state index is 0.100. The zero-order valence-corrected chi connectivity index (χ0v) is 9.27. The Morgan fingerprint density at radius 1 is 1.50 bits per heavy atom. The maximum atomic E-state index is 10.7. The average molecular weight is 210 g/mol. The van der Waals surface area contributed by atoms with Gasteiger partial charge in [-0.05, 0) is 42.2 Å². The molecule has 0 aliphatic carbocycles. The van der Waals surface area contributed by atoms with Crippen LogP contribution in [0.4, 0.5) is 0 Å². The second kappa shape index (κ2) is 4.51. The molecule has 2 nitrogen and oxygen atoms in total. The summed E-state index contributed by atoms with van der Waals surface area (Å²) in [6.07, 6.45) is 0.945. The van der Waals surface area contributed by atoms with Gasteiger partial charge in [0.15, 0.2) is 0 Å². The van der Waals surface area contributed by atoms with Gasteiger partial charge in [-0.15, -0.1) is 12.6 Å². The monoisotopic (exact) mass is 210 g/mol. The van der Waals surface area contributed by atoms with Crippen LogP contribution in [-0.4, -0.2) is 11.1 Å². The summed E-state index contributed by atoms with van der Waals surface area (Å²) in [6, 6.07) is 3.84. The van der Waals surface area contributed by atoms with Crippen molar-refractivity contribution in [1.29, 1.82) is 0 Å². The average Bonchev–Trinajstić information content (AvgIpc) is 2.08. The Morgan fingerprint density at radius 2 is 2.14 bits per heavy atom. The number of benzene rings is 1. The van der Waals surface area contributed by atoms with Gasteiger partial charge in [0.25, 0.3) is 0 Å². The molecule has 1 aromatic carbocycles. The molecular formula is C11H14O2S. The molecule has 0 spiro atoms. The number of aliphatic carboxylic acids is 1. The van der Waals surface area contributed by atoms with Crippen LogP contribution in [0.3, 0.4) is 0 Å². The molecule has 0 radical (unpaired) electrons. The van der Waals surface area contributed by atoms with Crippen molar-refractivity contribution >= 4 is 18.6 Å². The van der Waals surface area contributed by atoms with Crippen LogP contribution in [0, 0.1) is 6.92 Å². The van der Waals surface area contributed by atoms with Crippen molar-refractivity contribution in [2.45, 2.75) is 31.6 Å². The Hall–Kier alpha value is -0.960. The van der Waals surface area contributed by atoms with Crippen LogP contribution in [-0.2, 0) is 17.6 Å². The van der Waals surface area contributed by atoms with E-state index in [9.17, 15) is 4.79 Å². The highest BCUT2D eigenvalue weighted by molar-refractivity contribution is 7.80. The molecule has 14 heavy (non-hydrogen) atoms. The van der Waals surface area contributed by atoms with Gasteiger partial charge in [-0.2, -0.15) is 0 Å². The van der Waals surface area contributed by atoms with Gasteiger partial charge in [0.05, 0.1) is 6.42 Å². The number of aryl methyl sites for hydroxylation is 2. The summed E-state index contributed by atoms with van der Waals surface area (Å²) in [6.45, 7) is 3.95. The number of carboxylic acid groups (broad SMARTS) is 1. The topological polar surface area (TPSA) is 37.3 Å². The summed E-state index contributed by atoms with van der Waals surface area (Å²) in [5.41, 5.74) is 3.02. The fourth-order valence-electron chi connectivity index (χ4n) is 1.59. The molecule has 1 aromatic rings. The van der Waals surface area contributed by atoms with Crippen LogP contribution in [0.1, 0.15) is 23.6 Å². The van der Waals surface area contributed by atoms with E-state index >= 15 is 0 Å². The van der Waals surface area contributed by atoms with Crippen molar-refractivity contribution < 1.29 is 9.90 Å². The molecule has 1 N–H and O–H groups in total. The molecule has 0 aliphatic rings. The molecule has 0 saturated carbocycles. The van der Waals surface area contributed by atoms with Gasteiger partial charge in [-0.25, -0.2) is 0 Å². The Morgan fingerprint density at radius 3 is 2.64 bits per heavy atom. The van der Waals surface area contributed by atoms with E-state index in [0.29, 0.717) is 0 Å². The van der Waals surface area contributed by atoms with Crippen LogP contribution in [0.25, 0.3) is 0 Å². The number of thiol groups is 1. The second-order valence-electron chi connectivity index (χ2n) is 3.32. The third-order valence-electron chi connectivity index (χ3n) is 2.26. The molecule has 0 atom stereocenters. The molecule has 0 unspecified atom stereocenters. The van der Waals surface area contributed by atoms with Gasteiger partial charge in [-0.3, -0.25) is 4.79 Å². The maximum Gasteiger partial charge on any atom is 0.307 e. The highest BCUT2D eigenvalue weighted by Gasteiger charge is 2.09. The number of carbonyl (C=O) groups is 1. The zero-order chi connectivity index (χ0) is 10.7. The highest BCUT2D eigenvalue weighted by Crippen LogP contribution is 2.20. The number of hydrogen-bond acceptors (Lipinski definition) is 2. The van der Waals surface area contributed by atoms with Crippen LogP contribution in [0.15, 0.2) is 17.0 Å². The maximum absolute atomic E-state index is 10.7. The van der Waals surface area contributed by atoms with Crippen molar-refractivity contribution in [3.8, 4) is 0 Å². The summed E-state index contributed by atoms with van der Waals surface area (Å²) in [7, 11) is 0. The van der Waals surface area contributed by atoms with E-state index in [0.717, 1.165) is 28.0 Å². The standard InChI is InChI=1S/C11H14O2S/c1-3-8-5-9(14)4-7(2)10(8)6-11(12)13/h4-5,14H,3,6H2,1-2H3,(H,12,13). The van der Waals surface area contributed by atoms with Crippen molar-refractivity contribution in [1.82, 2.24) is 0 Å². The molecule has 76 valence electrons. The van der Waals surface area contributed by atoms with E-state index in [1.54, 1.807) is 0 Å². The van der Waals surface area contributed by atoms with E-state index in [1.165, 1.54) is 0 Å². The quantitative estimate of drug-likeness (QED) is 0.752. The minimum atomic E-state index is -0.783. The Labute approximate surface area is 89.4 Å². The van der Waals surface area contributed by atoms with Gasteiger partial charge in [-0.1, -0.05) is 6.92 Å². The lowest BCUT2D eigenvalue weighted by Crippen LogP contribution is -2.05. The van der Waals surface area contributed by atoms with E-state index in [4.69, 9.17) is 5.11 Å².